The molecule has 0 bridgehead atoms. The van der Waals surface area contributed by atoms with Crippen molar-refractivity contribution in [3.05, 3.63) is 83.7 Å². The van der Waals surface area contributed by atoms with Crippen LogP contribution in [0.5, 0.6) is 0 Å². The molecule has 5 amide bonds. The number of hydrogen-bond acceptors (Lipinski definition) is 16. The second-order valence-electron chi connectivity index (χ2n) is 15.7. The number of benzene rings is 2. The minimum absolute atomic E-state index is 0.0220. The van der Waals surface area contributed by atoms with Crippen molar-refractivity contribution in [1.82, 2.24) is 41.6 Å². The fourth-order valence-corrected chi connectivity index (χ4v) is 6.35. The molecular formula is C46H60N8O17. The third-order valence-corrected chi connectivity index (χ3v) is 9.90. The fourth-order valence-electron chi connectivity index (χ4n) is 6.35. The summed E-state index contributed by atoms with van der Waals surface area (Å²) in [5.74, 6) is -10.6. The van der Waals surface area contributed by atoms with E-state index in [9.17, 15) is 58.2 Å². The number of carbonyl (C=O) groups is 10. The maximum absolute atomic E-state index is 13.9. The normalized spacial score (nSPS) is 12.5. The molecule has 25 nitrogen and oxygen atoms in total. The van der Waals surface area contributed by atoms with Crippen LogP contribution in [0.25, 0.3) is 0 Å². The molecule has 4 atom stereocenters. The lowest BCUT2D eigenvalue weighted by molar-refractivity contribution is -0.147. The van der Waals surface area contributed by atoms with Gasteiger partial charge in [-0.15, -0.1) is 5.10 Å². The Balaban J connectivity index is 1.61. The summed E-state index contributed by atoms with van der Waals surface area (Å²) in [4.78, 5) is 126. The van der Waals surface area contributed by atoms with E-state index in [0.29, 0.717) is 36.2 Å². The molecule has 0 fully saturated rings. The van der Waals surface area contributed by atoms with E-state index in [0.717, 1.165) is 6.92 Å². The molecular weight excluding hydrogens is 937 g/mol. The van der Waals surface area contributed by atoms with E-state index < -0.39 is 109 Å². The van der Waals surface area contributed by atoms with Gasteiger partial charge in [-0.05, 0) is 36.8 Å². The van der Waals surface area contributed by atoms with Crippen LogP contribution in [0.1, 0.15) is 75.1 Å². The average molecular weight is 997 g/mol. The van der Waals surface area contributed by atoms with Crippen LogP contribution in [0.3, 0.4) is 0 Å². The zero-order chi connectivity index (χ0) is 52.0. The Morgan fingerprint density at radius 1 is 0.577 bits per heavy atom. The van der Waals surface area contributed by atoms with E-state index >= 15 is 0 Å². The first-order chi connectivity index (χ1) is 34.0. The highest BCUT2D eigenvalue weighted by molar-refractivity contribution is 5.97. The van der Waals surface area contributed by atoms with Crippen molar-refractivity contribution < 1.29 is 82.2 Å². The largest absolute Gasteiger partial charge is 0.481 e. The van der Waals surface area contributed by atoms with Gasteiger partial charge in [0.25, 0.3) is 0 Å². The van der Waals surface area contributed by atoms with Gasteiger partial charge in [-0.25, -0.2) is 4.68 Å². The van der Waals surface area contributed by atoms with Crippen LogP contribution in [0, 0.1) is 0 Å². The molecule has 0 spiro atoms. The smallest absolute Gasteiger partial charge is 0.306 e. The number of nitrogens with one attached hydrogen (secondary N) is 5. The number of esters is 2. The standard InChI is InChI=1S/C46H60N8O17/c1-30(55)48-34(15-17-41(62)70-28-31-9-4-2-5-10-31)44(65)49-35(16-18-42(63)71-29-32-11-6-3-7-12-32)45(66)51-37(26-40(60)61)46(67)50-36(25-39(58)59)43(64)47-19-21-68-23-24-69-22-20-54-27-33(52-53-54)13-8-14-38(56)57/h2-7,9-12,27,34-37H,8,13-26,28-29H2,1H3,(H,47,64)(H,48,55)(H,49,65)(H,50,67)(H,51,66)(H,56,57)(H,58,59)(H,60,61)/t34-,35-,36-,37-/m0/s1. The van der Waals surface area contributed by atoms with Crippen molar-refractivity contribution in [2.75, 3.05) is 33.0 Å². The van der Waals surface area contributed by atoms with Crippen LogP contribution in [-0.2, 0) is 93.1 Å². The number of carbonyl (C=O) groups excluding carboxylic acids is 7. The lowest BCUT2D eigenvalue weighted by atomic mass is 10.1. The zero-order valence-electron chi connectivity index (χ0n) is 39.1. The molecule has 0 radical (unpaired) electrons. The second-order valence-corrected chi connectivity index (χ2v) is 15.7. The highest BCUT2D eigenvalue weighted by Crippen LogP contribution is 2.10. The van der Waals surface area contributed by atoms with E-state index in [1.807, 2.05) is 0 Å². The lowest BCUT2D eigenvalue weighted by Crippen LogP contribution is -2.59. The molecule has 0 aliphatic heterocycles. The van der Waals surface area contributed by atoms with Crippen molar-refractivity contribution in [1.29, 1.82) is 0 Å². The molecule has 3 aromatic rings. The molecule has 3 rings (SSSR count). The van der Waals surface area contributed by atoms with Gasteiger partial charge in [0.15, 0.2) is 0 Å². The number of aliphatic carboxylic acids is 3. The number of aromatic nitrogens is 3. The van der Waals surface area contributed by atoms with Gasteiger partial charge in [0.2, 0.25) is 29.5 Å². The molecule has 0 aliphatic carbocycles. The Morgan fingerprint density at radius 3 is 1.56 bits per heavy atom. The average Bonchev–Trinajstić information content (AvgIpc) is 3.78. The third kappa shape index (κ3) is 24.9. The Kier molecular flexibility index (Phi) is 26.0. The van der Waals surface area contributed by atoms with Crippen molar-refractivity contribution in [3.8, 4) is 0 Å². The van der Waals surface area contributed by atoms with Crippen LogP contribution < -0.4 is 26.6 Å². The van der Waals surface area contributed by atoms with Crippen LogP contribution in [0.4, 0.5) is 0 Å². The van der Waals surface area contributed by atoms with Gasteiger partial charge in [-0.1, -0.05) is 65.9 Å². The van der Waals surface area contributed by atoms with Crippen molar-refractivity contribution in [2.45, 2.75) is 109 Å². The summed E-state index contributed by atoms with van der Waals surface area (Å²) in [6.45, 7) is 1.61. The third-order valence-electron chi connectivity index (χ3n) is 9.90. The monoisotopic (exact) mass is 996 g/mol. The quantitative estimate of drug-likeness (QED) is 0.0279. The summed E-state index contributed by atoms with van der Waals surface area (Å²) in [6.07, 6.45) is -1.03. The van der Waals surface area contributed by atoms with Gasteiger partial charge < -0.3 is 60.9 Å². The number of hydrogen-bond donors (Lipinski definition) is 8. The Hall–Kier alpha value is -7.80. The Bertz CT molecular complexity index is 2230. The number of amides is 5. The van der Waals surface area contributed by atoms with Crippen LogP contribution in [-0.4, -0.2) is 147 Å². The predicted octanol–water partition coefficient (Wildman–Crippen LogP) is -0.209. The molecule has 386 valence electrons. The number of carboxylic acids is 3. The minimum Gasteiger partial charge on any atom is -0.481 e. The van der Waals surface area contributed by atoms with Gasteiger partial charge in [-0.2, -0.15) is 0 Å². The molecule has 0 aliphatic rings. The van der Waals surface area contributed by atoms with E-state index in [1.165, 1.54) is 0 Å². The first-order valence-electron chi connectivity index (χ1n) is 22.5. The topological polar surface area (TPSA) is 359 Å². The maximum atomic E-state index is 13.9. The summed E-state index contributed by atoms with van der Waals surface area (Å²) in [7, 11) is 0. The van der Waals surface area contributed by atoms with Gasteiger partial charge in [-0.3, -0.25) is 47.9 Å². The SMILES string of the molecule is CC(=O)N[C@@H](CCC(=O)OCc1ccccc1)C(=O)N[C@@H](CCC(=O)OCc1ccccc1)C(=O)N[C@@H](CC(=O)O)C(=O)N[C@@H](CC(=O)O)C(=O)NCCOCCOCCn1cc(CCCC(=O)O)nn1. The molecule has 71 heavy (non-hydrogen) atoms. The lowest BCUT2D eigenvalue weighted by Gasteiger charge is -2.25. The minimum atomic E-state index is -1.96. The molecule has 0 saturated heterocycles. The number of carboxylic acid groups (broad SMARTS) is 3. The van der Waals surface area contributed by atoms with Crippen molar-refractivity contribution in [3.63, 3.8) is 0 Å². The predicted molar refractivity (Wildman–Crippen MR) is 244 cm³/mol. The fraction of sp³-hybridized carbons (Fsp3) is 0.478. The Morgan fingerprint density at radius 2 is 1.06 bits per heavy atom. The van der Waals surface area contributed by atoms with E-state index in [-0.39, 0.29) is 65.4 Å². The maximum Gasteiger partial charge on any atom is 0.306 e. The first-order valence-corrected chi connectivity index (χ1v) is 22.5. The van der Waals surface area contributed by atoms with Crippen LogP contribution in [0.2, 0.25) is 0 Å². The Labute approximate surface area is 407 Å². The van der Waals surface area contributed by atoms with E-state index in [1.54, 1.807) is 71.5 Å². The number of ether oxygens (including phenoxy) is 4. The van der Waals surface area contributed by atoms with Crippen LogP contribution >= 0.6 is 0 Å². The number of aryl methyl sites for hydroxylation is 1. The molecule has 25 heteroatoms. The number of nitrogens with zero attached hydrogens (tertiary/aromatic N) is 3. The highest BCUT2D eigenvalue weighted by atomic mass is 16.5. The summed E-state index contributed by atoms with van der Waals surface area (Å²) in [6, 6.07) is 10.5. The second kappa shape index (κ2) is 32.1. The van der Waals surface area contributed by atoms with Crippen LogP contribution in [0.15, 0.2) is 66.9 Å². The molecule has 1 aromatic heterocycles. The van der Waals surface area contributed by atoms with Gasteiger partial charge in [0.05, 0.1) is 51.5 Å². The van der Waals surface area contributed by atoms with Crippen molar-refractivity contribution in [2.24, 2.45) is 0 Å². The van der Waals surface area contributed by atoms with Gasteiger partial charge in [0.1, 0.15) is 37.4 Å². The summed E-state index contributed by atoms with van der Waals surface area (Å²) in [5, 5.41) is 47.5. The van der Waals surface area contributed by atoms with E-state index in [2.05, 4.69) is 36.9 Å². The first kappa shape index (κ1) is 57.5. The number of rotatable bonds is 35. The molecule has 0 unspecified atom stereocenters. The van der Waals surface area contributed by atoms with Crippen molar-refractivity contribution >= 4 is 59.4 Å². The molecule has 0 saturated carbocycles. The van der Waals surface area contributed by atoms with Gasteiger partial charge >= 0.3 is 29.8 Å². The summed E-state index contributed by atoms with van der Waals surface area (Å²) >= 11 is 0. The van der Waals surface area contributed by atoms with Gasteiger partial charge in [0, 0.05) is 38.9 Å². The van der Waals surface area contributed by atoms with E-state index in [4.69, 9.17) is 24.1 Å². The molecule has 2 aromatic carbocycles. The highest BCUT2D eigenvalue weighted by Gasteiger charge is 2.33. The summed E-state index contributed by atoms with van der Waals surface area (Å²) in [5.41, 5.74) is 2.00. The molecule has 8 N–H and O–H groups in total. The summed E-state index contributed by atoms with van der Waals surface area (Å²) < 4.78 is 23.0. The zero-order valence-corrected chi connectivity index (χ0v) is 39.1. The molecule has 1 heterocycles.